The van der Waals surface area contributed by atoms with Gasteiger partial charge >= 0.3 is 17.9 Å². The van der Waals surface area contributed by atoms with Crippen molar-refractivity contribution < 1.29 is 42.9 Å². The zero-order valence-corrected chi connectivity index (χ0v) is 43.4. The van der Waals surface area contributed by atoms with Crippen molar-refractivity contribution in [2.45, 2.75) is 270 Å². The number of carbonyl (C=O) groups is 3. The van der Waals surface area contributed by atoms with Crippen LogP contribution < -0.4 is 0 Å². The highest BCUT2D eigenvalue weighted by molar-refractivity contribution is 5.71. The van der Waals surface area contributed by atoms with E-state index in [2.05, 4.69) is 38.2 Å². The van der Waals surface area contributed by atoms with E-state index in [1.54, 1.807) is 0 Å². The predicted molar refractivity (Wildman–Crippen MR) is 272 cm³/mol. The number of esters is 2. The van der Waals surface area contributed by atoms with Crippen molar-refractivity contribution in [2.75, 3.05) is 47.5 Å². The van der Waals surface area contributed by atoms with E-state index >= 15 is 0 Å². The first-order chi connectivity index (χ1) is 31.6. The minimum absolute atomic E-state index is 0.180. The van der Waals surface area contributed by atoms with Crippen molar-refractivity contribution in [2.24, 2.45) is 0 Å². The molecule has 1 N–H and O–H groups in total. The highest BCUT2D eigenvalue weighted by atomic mass is 16.7. The summed E-state index contributed by atoms with van der Waals surface area (Å²) >= 11 is 0. The maximum absolute atomic E-state index is 12.8. The maximum atomic E-state index is 12.8. The second-order valence-corrected chi connectivity index (χ2v) is 19.9. The standard InChI is InChI=1S/C56H105NO8/c1-6-8-10-12-14-16-18-20-22-24-26-27-29-31-33-35-37-39-41-43-45-47-54(59)65-52(51-64-56(55(60)61)62-49-48-57(3,4)5)50-63-53(58)46-44-42-40-38-36-34-32-30-28-25-23-21-19-17-15-13-11-9-7-2/h21,23-24,26,52,56H,6-20,22,25,27-51H2,1-5H3/p+1/b23-21-,26-24-. The Hall–Kier alpha value is -2.23. The molecule has 0 aliphatic carbocycles. The summed E-state index contributed by atoms with van der Waals surface area (Å²) in [5.41, 5.74) is 0. The van der Waals surface area contributed by atoms with E-state index in [-0.39, 0.29) is 32.2 Å². The second kappa shape index (κ2) is 48.2. The number of hydrogen-bond donors (Lipinski definition) is 1. The Morgan fingerprint density at radius 3 is 1.14 bits per heavy atom. The van der Waals surface area contributed by atoms with Gasteiger partial charge in [0.2, 0.25) is 0 Å². The van der Waals surface area contributed by atoms with Crippen LogP contribution in [-0.2, 0) is 33.3 Å². The van der Waals surface area contributed by atoms with Crippen LogP contribution in [0.2, 0.25) is 0 Å². The van der Waals surface area contributed by atoms with E-state index < -0.39 is 24.3 Å². The first kappa shape index (κ1) is 62.8. The molecule has 0 bridgehead atoms. The SMILES string of the molecule is CCCCCCCC/C=C\CCCCCCCCCCCC(=O)OCC(COC(OCC[N+](C)(C)C)C(=O)O)OC(=O)CCCCCCCCCCC/C=C\CCCCCCCCCC. The number of allylic oxidation sites excluding steroid dienone is 4. The van der Waals surface area contributed by atoms with Crippen LogP contribution in [0.5, 0.6) is 0 Å². The number of ether oxygens (including phenoxy) is 4. The van der Waals surface area contributed by atoms with Crippen LogP contribution in [0.25, 0.3) is 0 Å². The van der Waals surface area contributed by atoms with Crippen LogP contribution in [0, 0.1) is 0 Å². The Morgan fingerprint density at radius 2 is 0.785 bits per heavy atom. The predicted octanol–water partition coefficient (Wildman–Crippen LogP) is 15.6. The molecule has 65 heavy (non-hydrogen) atoms. The van der Waals surface area contributed by atoms with E-state index in [4.69, 9.17) is 18.9 Å². The smallest absolute Gasteiger partial charge is 0.361 e. The maximum Gasteiger partial charge on any atom is 0.361 e. The van der Waals surface area contributed by atoms with Gasteiger partial charge in [0, 0.05) is 12.8 Å². The fraction of sp³-hybridized carbons (Fsp3) is 0.875. The lowest BCUT2D eigenvalue weighted by molar-refractivity contribution is -0.870. The fourth-order valence-electron chi connectivity index (χ4n) is 7.89. The van der Waals surface area contributed by atoms with Crippen molar-refractivity contribution >= 4 is 17.9 Å². The van der Waals surface area contributed by atoms with Gasteiger partial charge in [-0.25, -0.2) is 4.79 Å². The molecule has 0 aliphatic heterocycles. The van der Waals surface area contributed by atoms with Gasteiger partial charge in [0.15, 0.2) is 6.10 Å². The van der Waals surface area contributed by atoms with Crippen LogP contribution in [0.1, 0.15) is 258 Å². The summed E-state index contributed by atoms with van der Waals surface area (Å²) in [4.78, 5) is 37.3. The van der Waals surface area contributed by atoms with Gasteiger partial charge in [-0.15, -0.1) is 0 Å². The fourth-order valence-corrected chi connectivity index (χ4v) is 7.89. The van der Waals surface area contributed by atoms with E-state index in [0.29, 0.717) is 17.4 Å². The summed E-state index contributed by atoms with van der Waals surface area (Å²) in [5.74, 6) is -2.00. The van der Waals surface area contributed by atoms with Crippen LogP contribution in [-0.4, -0.2) is 87.4 Å². The number of aliphatic carboxylic acids is 1. The lowest BCUT2D eigenvalue weighted by atomic mass is 10.1. The number of nitrogens with zero attached hydrogens (tertiary/aromatic N) is 1. The molecule has 0 fully saturated rings. The average Bonchev–Trinajstić information content (AvgIpc) is 3.27. The quantitative estimate of drug-likeness (QED) is 0.0211. The Bertz CT molecular complexity index is 1120. The Balaban J connectivity index is 4.28. The van der Waals surface area contributed by atoms with Crippen LogP contribution in [0.4, 0.5) is 0 Å². The summed E-state index contributed by atoms with van der Waals surface area (Å²) in [6.07, 6.45) is 52.4. The zero-order chi connectivity index (χ0) is 47.7. The zero-order valence-electron chi connectivity index (χ0n) is 43.4. The number of carboxylic acids is 1. The Morgan fingerprint density at radius 1 is 0.446 bits per heavy atom. The molecule has 0 aromatic carbocycles. The van der Waals surface area contributed by atoms with Crippen LogP contribution in [0.3, 0.4) is 0 Å². The van der Waals surface area contributed by atoms with E-state index in [0.717, 1.165) is 38.5 Å². The van der Waals surface area contributed by atoms with Gasteiger partial charge in [-0.1, -0.05) is 205 Å². The molecule has 9 nitrogen and oxygen atoms in total. The molecule has 0 aliphatic rings. The number of hydrogen-bond acceptors (Lipinski definition) is 7. The molecule has 2 unspecified atom stereocenters. The third-order valence-corrected chi connectivity index (χ3v) is 12.2. The summed E-state index contributed by atoms with van der Waals surface area (Å²) in [7, 11) is 5.97. The van der Waals surface area contributed by atoms with Gasteiger partial charge < -0.3 is 28.5 Å². The molecule has 0 aromatic rings. The number of quaternary nitrogens is 1. The van der Waals surface area contributed by atoms with Gasteiger partial charge in [-0.3, -0.25) is 9.59 Å². The molecule has 0 amide bonds. The average molecular weight is 921 g/mol. The number of carbonyl (C=O) groups excluding carboxylic acids is 2. The summed E-state index contributed by atoms with van der Waals surface area (Å²) in [6, 6.07) is 0. The minimum Gasteiger partial charge on any atom is -0.477 e. The lowest BCUT2D eigenvalue weighted by Crippen LogP contribution is -2.40. The van der Waals surface area contributed by atoms with Gasteiger partial charge in [-0.05, 0) is 64.2 Å². The molecule has 382 valence electrons. The van der Waals surface area contributed by atoms with Crippen molar-refractivity contribution in [3.05, 3.63) is 24.3 Å². The largest absolute Gasteiger partial charge is 0.477 e. The van der Waals surface area contributed by atoms with Gasteiger partial charge in [0.05, 0.1) is 34.4 Å². The van der Waals surface area contributed by atoms with E-state index in [9.17, 15) is 19.5 Å². The molecule has 0 radical (unpaired) electrons. The monoisotopic (exact) mass is 921 g/mol. The molecule has 2 atom stereocenters. The van der Waals surface area contributed by atoms with Gasteiger partial charge in [0.1, 0.15) is 13.2 Å². The number of unbranched alkanes of at least 4 members (excludes halogenated alkanes) is 32. The summed E-state index contributed by atoms with van der Waals surface area (Å²) in [5, 5.41) is 9.68. The highest BCUT2D eigenvalue weighted by Gasteiger charge is 2.25. The van der Waals surface area contributed by atoms with Crippen LogP contribution >= 0.6 is 0 Å². The van der Waals surface area contributed by atoms with Crippen LogP contribution in [0.15, 0.2) is 24.3 Å². The van der Waals surface area contributed by atoms with Crippen molar-refractivity contribution in [3.63, 3.8) is 0 Å². The molecule has 9 heteroatoms. The second-order valence-electron chi connectivity index (χ2n) is 19.9. The normalized spacial score (nSPS) is 12.9. The Labute approximate surface area is 401 Å². The number of rotatable bonds is 51. The highest BCUT2D eigenvalue weighted by Crippen LogP contribution is 2.16. The van der Waals surface area contributed by atoms with Gasteiger partial charge in [0.25, 0.3) is 6.29 Å². The van der Waals surface area contributed by atoms with Crippen molar-refractivity contribution in [1.29, 1.82) is 0 Å². The lowest BCUT2D eigenvalue weighted by Gasteiger charge is -2.25. The van der Waals surface area contributed by atoms with E-state index in [1.807, 2.05) is 21.1 Å². The van der Waals surface area contributed by atoms with E-state index in [1.165, 1.54) is 193 Å². The Kier molecular flexibility index (Phi) is 46.6. The van der Waals surface area contributed by atoms with Crippen molar-refractivity contribution in [1.82, 2.24) is 0 Å². The molecule has 0 aromatic heterocycles. The third kappa shape index (κ3) is 49.5. The number of carboxylic acid groups (broad SMARTS) is 1. The van der Waals surface area contributed by atoms with Gasteiger partial charge in [-0.2, -0.15) is 0 Å². The molecular formula is C56H106NO8+. The molecule has 0 saturated heterocycles. The number of likely N-dealkylation sites (N-methyl/N-ethyl adjacent to an activating group) is 1. The molecule has 0 spiro atoms. The molecule has 0 saturated carbocycles. The third-order valence-electron chi connectivity index (χ3n) is 12.2. The first-order valence-electron chi connectivity index (χ1n) is 27.5. The molecule has 0 heterocycles. The topological polar surface area (TPSA) is 108 Å². The molecule has 0 rings (SSSR count). The van der Waals surface area contributed by atoms with Crippen molar-refractivity contribution in [3.8, 4) is 0 Å². The summed E-state index contributed by atoms with van der Waals surface area (Å²) in [6.45, 7) is 4.90. The first-order valence-corrected chi connectivity index (χ1v) is 27.5. The summed E-state index contributed by atoms with van der Waals surface area (Å²) < 4.78 is 22.9. The minimum atomic E-state index is -1.51. The molecular weight excluding hydrogens is 815 g/mol.